The van der Waals surface area contributed by atoms with Crippen molar-refractivity contribution in [3.05, 3.63) is 35.4 Å². The molecule has 8 heteroatoms. The molecule has 0 amide bonds. The number of hydrogen-bond donors (Lipinski definition) is 6. The van der Waals surface area contributed by atoms with Gasteiger partial charge in [-0.3, -0.25) is 9.69 Å². The maximum Gasteiger partial charge on any atom is 0.307 e. The van der Waals surface area contributed by atoms with Crippen molar-refractivity contribution in [1.82, 2.24) is 4.90 Å². The van der Waals surface area contributed by atoms with Gasteiger partial charge < -0.3 is 30.6 Å². The summed E-state index contributed by atoms with van der Waals surface area (Å²) in [6.45, 7) is -0.244. The molecule has 136 valence electrons. The quantitative estimate of drug-likeness (QED) is 0.292. The van der Waals surface area contributed by atoms with Gasteiger partial charge in [0.25, 0.3) is 0 Å². The Labute approximate surface area is 140 Å². The smallest absolute Gasteiger partial charge is 0.307 e. The lowest BCUT2D eigenvalue weighted by atomic mass is 10.0. The van der Waals surface area contributed by atoms with Crippen molar-refractivity contribution in [3.63, 3.8) is 0 Å². The topological polar surface area (TPSA) is 142 Å². The molecule has 1 aromatic carbocycles. The van der Waals surface area contributed by atoms with Crippen molar-refractivity contribution >= 4 is 5.97 Å². The zero-order valence-electron chi connectivity index (χ0n) is 13.5. The van der Waals surface area contributed by atoms with E-state index in [1.165, 1.54) is 0 Å². The summed E-state index contributed by atoms with van der Waals surface area (Å²) in [5.41, 5.74) is 1.58. The standard InChI is InChI=1S/C16H25NO7/c1-17(8-12(19)15(23)16(24)13(20)9-18)7-11-4-2-10(3-5-11)6-14(21)22/h2-5,12-13,15-16,18-20,23-24H,6-9H2,1H3,(H,21,22). The third kappa shape index (κ3) is 6.52. The molecule has 0 spiro atoms. The first-order chi connectivity index (χ1) is 11.2. The number of hydrogen-bond acceptors (Lipinski definition) is 7. The number of aliphatic hydroxyl groups is 5. The van der Waals surface area contributed by atoms with E-state index in [-0.39, 0.29) is 13.0 Å². The fraction of sp³-hybridized carbons (Fsp3) is 0.562. The predicted molar refractivity (Wildman–Crippen MR) is 85.2 cm³/mol. The molecule has 4 unspecified atom stereocenters. The van der Waals surface area contributed by atoms with Crippen LogP contribution < -0.4 is 0 Å². The first-order valence-corrected chi connectivity index (χ1v) is 7.55. The summed E-state index contributed by atoms with van der Waals surface area (Å²) in [7, 11) is 1.70. The SMILES string of the molecule is CN(Cc1ccc(CC(=O)O)cc1)CC(O)C(O)C(O)C(O)CO. The average Bonchev–Trinajstić information content (AvgIpc) is 2.53. The van der Waals surface area contributed by atoms with Gasteiger partial charge in [-0.05, 0) is 18.2 Å². The van der Waals surface area contributed by atoms with Crippen LogP contribution in [0.5, 0.6) is 0 Å². The molecule has 24 heavy (non-hydrogen) atoms. The Balaban J connectivity index is 2.52. The average molecular weight is 343 g/mol. The van der Waals surface area contributed by atoms with Gasteiger partial charge in [-0.15, -0.1) is 0 Å². The largest absolute Gasteiger partial charge is 0.481 e. The van der Waals surface area contributed by atoms with Crippen molar-refractivity contribution in [2.75, 3.05) is 20.2 Å². The normalized spacial score (nSPS) is 16.6. The van der Waals surface area contributed by atoms with Gasteiger partial charge in [0.2, 0.25) is 0 Å². The number of nitrogens with zero attached hydrogens (tertiary/aromatic N) is 1. The first-order valence-electron chi connectivity index (χ1n) is 7.55. The number of rotatable bonds is 10. The second-order valence-electron chi connectivity index (χ2n) is 5.88. The molecular weight excluding hydrogens is 318 g/mol. The highest BCUT2D eigenvalue weighted by atomic mass is 16.4. The van der Waals surface area contributed by atoms with E-state index >= 15 is 0 Å². The first kappa shape index (κ1) is 20.5. The van der Waals surface area contributed by atoms with Gasteiger partial charge >= 0.3 is 5.97 Å². The molecule has 1 rings (SSSR count). The van der Waals surface area contributed by atoms with Gasteiger partial charge in [-0.25, -0.2) is 0 Å². The molecule has 0 heterocycles. The van der Waals surface area contributed by atoms with E-state index in [1.54, 1.807) is 36.2 Å². The molecule has 0 fully saturated rings. The molecular formula is C16H25NO7. The van der Waals surface area contributed by atoms with Crippen molar-refractivity contribution in [1.29, 1.82) is 0 Å². The fourth-order valence-corrected chi connectivity index (χ4v) is 2.30. The maximum absolute atomic E-state index is 10.6. The van der Waals surface area contributed by atoms with E-state index in [4.69, 9.17) is 10.2 Å². The Hall–Kier alpha value is -1.55. The van der Waals surface area contributed by atoms with Crippen LogP contribution >= 0.6 is 0 Å². The summed E-state index contributed by atoms with van der Waals surface area (Å²) < 4.78 is 0. The van der Waals surface area contributed by atoms with Crippen LogP contribution in [0.15, 0.2) is 24.3 Å². The molecule has 0 radical (unpaired) electrons. The zero-order chi connectivity index (χ0) is 18.3. The van der Waals surface area contributed by atoms with Crippen LogP contribution in [0.25, 0.3) is 0 Å². The number of likely N-dealkylation sites (N-methyl/N-ethyl adjacent to an activating group) is 1. The number of aliphatic carboxylic acids is 1. The minimum absolute atomic E-state index is 0.0350. The monoisotopic (exact) mass is 343 g/mol. The Morgan fingerprint density at radius 3 is 2.00 bits per heavy atom. The zero-order valence-corrected chi connectivity index (χ0v) is 13.5. The van der Waals surface area contributed by atoms with E-state index in [1.807, 2.05) is 0 Å². The number of carboxylic acid groups (broad SMARTS) is 1. The number of carbonyl (C=O) groups is 1. The molecule has 0 bridgehead atoms. The number of benzene rings is 1. The summed E-state index contributed by atoms with van der Waals surface area (Å²) >= 11 is 0. The van der Waals surface area contributed by atoms with E-state index in [2.05, 4.69) is 0 Å². The van der Waals surface area contributed by atoms with E-state index < -0.39 is 37.0 Å². The lowest BCUT2D eigenvalue weighted by Crippen LogP contribution is -2.49. The van der Waals surface area contributed by atoms with Crippen LogP contribution in [0.1, 0.15) is 11.1 Å². The Kier molecular flexibility index (Phi) is 8.26. The third-order valence-corrected chi connectivity index (χ3v) is 3.65. The van der Waals surface area contributed by atoms with Gasteiger partial charge in [0.1, 0.15) is 18.3 Å². The molecule has 0 saturated carbocycles. The summed E-state index contributed by atoms with van der Waals surface area (Å²) in [5, 5.41) is 56.0. The Bertz CT molecular complexity index is 508. The van der Waals surface area contributed by atoms with Crippen molar-refractivity contribution < 1.29 is 35.4 Å². The van der Waals surface area contributed by atoms with Crippen LogP contribution in [-0.2, 0) is 17.8 Å². The van der Waals surface area contributed by atoms with Crippen molar-refractivity contribution in [2.24, 2.45) is 0 Å². The highest BCUT2D eigenvalue weighted by molar-refractivity contribution is 5.70. The Morgan fingerprint density at radius 2 is 1.50 bits per heavy atom. The fourth-order valence-electron chi connectivity index (χ4n) is 2.30. The van der Waals surface area contributed by atoms with Gasteiger partial charge in [-0.1, -0.05) is 24.3 Å². The molecule has 0 aliphatic heterocycles. The second-order valence-corrected chi connectivity index (χ2v) is 5.88. The number of carboxylic acids is 1. The van der Waals surface area contributed by atoms with E-state index in [9.17, 15) is 25.2 Å². The molecule has 1 aromatic rings. The number of aliphatic hydroxyl groups excluding tert-OH is 5. The molecule has 8 nitrogen and oxygen atoms in total. The van der Waals surface area contributed by atoms with Gasteiger partial charge in [0.05, 0.1) is 19.1 Å². The van der Waals surface area contributed by atoms with E-state index in [0.29, 0.717) is 12.1 Å². The van der Waals surface area contributed by atoms with Crippen LogP contribution in [0.4, 0.5) is 0 Å². The lowest BCUT2D eigenvalue weighted by Gasteiger charge is -2.28. The van der Waals surface area contributed by atoms with Crippen molar-refractivity contribution in [2.45, 2.75) is 37.4 Å². The van der Waals surface area contributed by atoms with Crippen LogP contribution in [0.2, 0.25) is 0 Å². The van der Waals surface area contributed by atoms with Crippen molar-refractivity contribution in [3.8, 4) is 0 Å². The highest BCUT2D eigenvalue weighted by Gasteiger charge is 2.30. The summed E-state index contributed by atoms with van der Waals surface area (Å²) in [4.78, 5) is 12.3. The summed E-state index contributed by atoms with van der Waals surface area (Å²) in [6.07, 6.45) is -6.12. The summed E-state index contributed by atoms with van der Waals surface area (Å²) in [6, 6.07) is 6.98. The maximum atomic E-state index is 10.6. The molecule has 0 aliphatic carbocycles. The lowest BCUT2D eigenvalue weighted by molar-refractivity contribution is -0.136. The molecule has 0 aliphatic rings. The Morgan fingerprint density at radius 1 is 1.00 bits per heavy atom. The minimum Gasteiger partial charge on any atom is -0.481 e. The molecule has 6 N–H and O–H groups in total. The van der Waals surface area contributed by atoms with Gasteiger partial charge in [-0.2, -0.15) is 0 Å². The molecule has 0 saturated heterocycles. The van der Waals surface area contributed by atoms with E-state index in [0.717, 1.165) is 5.56 Å². The predicted octanol–water partition coefficient (Wildman–Crippen LogP) is -1.82. The van der Waals surface area contributed by atoms with Gasteiger partial charge in [0.15, 0.2) is 0 Å². The van der Waals surface area contributed by atoms with Crippen LogP contribution in [0, 0.1) is 0 Å². The third-order valence-electron chi connectivity index (χ3n) is 3.65. The second kappa shape index (κ2) is 9.67. The molecule has 0 aromatic heterocycles. The summed E-state index contributed by atoms with van der Waals surface area (Å²) in [5.74, 6) is -0.902. The highest BCUT2D eigenvalue weighted by Crippen LogP contribution is 2.10. The van der Waals surface area contributed by atoms with Crippen LogP contribution in [0.3, 0.4) is 0 Å². The van der Waals surface area contributed by atoms with Gasteiger partial charge in [0, 0.05) is 13.1 Å². The minimum atomic E-state index is -1.64. The van der Waals surface area contributed by atoms with Crippen LogP contribution in [-0.4, -0.2) is 86.1 Å². The molecule has 4 atom stereocenters.